The molecule has 0 bridgehead atoms. The molecule has 92 valence electrons. The number of carbonyl (C=O) groups excluding carboxylic acids is 1. The summed E-state index contributed by atoms with van der Waals surface area (Å²) in [5, 5.41) is 9.66. The Kier molecular flexibility index (Phi) is 2.74. The lowest BCUT2D eigenvalue weighted by atomic mass is 9.97. The maximum Gasteiger partial charge on any atom is 0.376 e. The fourth-order valence-electron chi connectivity index (χ4n) is 1.83. The molecule has 1 aliphatic heterocycles. The van der Waals surface area contributed by atoms with E-state index in [2.05, 4.69) is 14.7 Å². The highest BCUT2D eigenvalue weighted by Gasteiger charge is 2.37. The summed E-state index contributed by atoms with van der Waals surface area (Å²) in [5.74, 6) is 0.140. The van der Waals surface area contributed by atoms with Crippen LogP contribution in [-0.2, 0) is 4.74 Å². The van der Waals surface area contributed by atoms with Gasteiger partial charge in [-0.15, -0.1) is 0 Å². The zero-order chi connectivity index (χ0) is 12.6. The summed E-state index contributed by atoms with van der Waals surface area (Å²) >= 11 is 0. The van der Waals surface area contributed by atoms with E-state index in [1.165, 1.54) is 7.11 Å². The standard InChI is InChI=1S/C11H15N3O3/c1-7-4-8(14-5-11(2,16)6-14)13-9(12-7)10(15)17-3/h4,16H,5-6H2,1-3H3. The van der Waals surface area contributed by atoms with E-state index < -0.39 is 11.6 Å². The highest BCUT2D eigenvalue weighted by molar-refractivity contribution is 5.85. The van der Waals surface area contributed by atoms with Crippen molar-refractivity contribution >= 4 is 11.8 Å². The van der Waals surface area contributed by atoms with Crippen LogP contribution in [0.3, 0.4) is 0 Å². The van der Waals surface area contributed by atoms with Gasteiger partial charge in [0.2, 0.25) is 5.82 Å². The molecule has 1 aromatic heterocycles. The number of esters is 1. The third kappa shape index (κ3) is 2.36. The first kappa shape index (κ1) is 11.8. The molecule has 0 aromatic carbocycles. The average molecular weight is 237 g/mol. The van der Waals surface area contributed by atoms with Crippen molar-refractivity contribution in [2.45, 2.75) is 19.4 Å². The molecule has 6 nitrogen and oxygen atoms in total. The van der Waals surface area contributed by atoms with Crippen molar-refractivity contribution in [3.63, 3.8) is 0 Å². The van der Waals surface area contributed by atoms with Crippen LogP contribution in [0.25, 0.3) is 0 Å². The van der Waals surface area contributed by atoms with Crippen LogP contribution in [0.15, 0.2) is 6.07 Å². The number of aliphatic hydroxyl groups is 1. The van der Waals surface area contributed by atoms with E-state index in [-0.39, 0.29) is 5.82 Å². The van der Waals surface area contributed by atoms with Crippen LogP contribution in [0.5, 0.6) is 0 Å². The number of aromatic nitrogens is 2. The van der Waals surface area contributed by atoms with E-state index in [1.54, 1.807) is 19.9 Å². The molecule has 0 radical (unpaired) electrons. The number of rotatable bonds is 2. The van der Waals surface area contributed by atoms with Crippen LogP contribution >= 0.6 is 0 Å². The van der Waals surface area contributed by atoms with Gasteiger partial charge in [-0.25, -0.2) is 14.8 Å². The van der Waals surface area contributed by atoms with E-state index in [1.807, 2.05) is 4.90 Å². The predicted octanol–water partition coefficient (Wildman–Crippen LogP) is 0.143. The number of hydrogen-bond acceptors (Lipinski definition) is 6. The molecule has 1 aromatic rings. The second-order valence-corrected chi connectivity index (χ2v) is 4.54. The largest absolute Gasteiger partial charge is 0.463 e. The van der Waals surface area contributed by atoms with E-state index in [9.17, 15) is 9.90 Å². The zero-order valence-electron chi connectivity index (χ0n) is 10.1. The SMILES string of the molecule is COC(=O)c1nc(C)cc(N2CC(C)(O)C2)n1. The topological polar surface area (TPSA) is 75.5 Å². The van der Waals surface area contributed by atoms with Gasteiger partial charge in [-0.05, 0) is 13.8 Å². The third-order valence-corrected chi connectivity index (χ3v) is 2.60. The van der Waals surface area contributed by atoms with Gasteiger partial charge >= 0.3 is 5.97 Å². The fraction of sp³-hybridized carbons (Fsp3) is 0.545. The second-order valence-electron chi connectivity index (χ2n) is 4.54. The summed E-state index contributed by atoms with van der Waals surface area (Å²) in [5.41, 5.74) is 0.0199. The van der Waals surface area contributed by atoms with E-state index in [4.69, 9.17) is 0 Å². The minimum atomic E-state index is -0.676. The molecule has 2 heterocycles. The van der Waals surface area contributed by atoms with Crippen molar-refractivity contribution in [1.82, 2.24) is 9.97 Å². The maximum absolute atomic E-state index is 11.4. The van der Waals surface area contributed by atoms with Gasteiger partial charge in [-0.1, -0.05) is 0 Å². The summed E-state index contributed by atoms with van der Waals surface area (Å²) < 4.78 is 4.59. The minimum Gasteiger partial charge on any atom is -0.463 e. The fourth-order valence-corrected chi connectivity index (χ4v) is 1.83. The van der Waals surface area contributed by atoms with Crippen molar-refractivity contribution in [3.8, 4) is 0 Å². The average Bonchev–Trinajstić information content (AvgIpc) is 2.23. The number of anilines is 1. The Morgan fingerprint density at radius 1 is 1.53 bits per heavy atom. The quantitative estimate of drug-likeness (QED) is 0.737. The summed E-state index contributed by atoms with van der Waals surface area (Å²) in [4.78, 5) is 21.4. The van der Waals surface area contributed by atoms with Crippen LogP contribution in [-0.4, -0.2) is 46.8 Å². The number of β-amino-alcohol motifs (C(OH)–C–C–N with tert-alkyl or cyclic N) is 1. The summed E-state index contributed by atoms with van der Waals surface area (Å²) in [7, 11) is 1.29. The molecule has 0 spiro atoms. The number of hydrogen-bond donors (Lipinski definition) is 1. The lowest BCUT2D eigenvalue weighted by Gasteiger charge is -2.44. The zero-order valence-corrected chi connectivity index (χ0v) is 10.1. The van der Waals surface area contributed by atoms with Gasteiger partial charge in [0.05, 0.1) is 12.7 Å². The number of nitrogens with zero attached hydrogens (tertiary/aromatic N) is 3. The number of carbonyl (C=O) groups is 1. The summed E-state index contributed by atoms with van der Waals surface area (Å²) in [6.07, 6.45) is 0. The molecular weight excluding hydrogens is 222 g/mol. The highest BCUT2D eigenvalue weighted by atomic mass is 16.5. The monoisotopic (exact) mass is 237 g/mol. The van der Waals surface area contributed by atoms with Gasteiger partial charge in [-0.2, -0.15) is 0 Å². The van der Waals surface area contributed by atoms with Crippen molar-refractivity contribution in [3.05, 3.63) is 17.6 Å². The Hall–Kier alpha value is -1.69. The first-order valence-corrected chi connectivity index (χ1v) is 5.33. The van der Waals surface area contributed by atoms with Gasteiger partial charge in [0, 0.05) is 24.8 Å². The van der Waals surface area contributed by atoms with Crippen LogP contribution in [0.2, 0.25) is 0 Å². The first-order valence-electron chi connectivity index (χ1n) is 5.33. The van der Waals surface area contributed by atoms with Gasteiger partial charge < -0.3 is 14.7 Å². The van der Waals surface area contributed by atoms with Gasteiger partial charge in [0.25, 0.3) is 0 Å². The minimum absolute atomic E-state index is 0.0500. The summed E-state index contributed by atoms with van der Waals surface area (Å²) in [6, 6.07) is 1.78. The molecule has 0 amide bonds. The molecule has 1 N–H and O–H groups in total. The smallest absolute Gasteiger partial charge is 0.376 e. The summed E-state index contributed by atoms with van der Waals surface area (Å²) in [6.45, 7) is 4.56. The molecule has 17 heavy (non-hydrogen) atoms. The van der Waals surface area contributed by atoms with Crippen LogP contribution in [0, 0.1) is 6.92 Å². The lowest BCUT2D eigenvalue weighted by Crippen LogP contribution is -2.60. The molecule has 6 heteroatoms. The Morgan fingerprint density at radius 3 is 2.71 bits per heavy atom. The number of methoxy groups -OCH3 is 1. The molecular formula is C11H15N3O3. The molecule has 1 saturated heterocycles. The van der Waals surface area contributed by atoms with E-state index in [0.29, 0.717) is 24.6 Å². The molecule has 0 saturated carbocycles. The molecule has 1 fully saturated rings. The van der Waals surface area contributed by atoms with Crippen molar-refractivity contribution in [1.29, 1.82) is 0 Å². The van der Waals surface area contributed by atoms with Crippen LogP contribution < -0.4 is 4.90 Å². The first-order chi connectivity index (χ1) is 7.91. The van der Waals surface area contributed by atoms with Gasteiger partial charge in [-0.3, -0.25) is 0 Å². The molecule has 1 aliphatic rings. The molecule has 2 rings (SSSR count). The van der Waals surface area contributed by atoms with Crippen molar-refractivity contribution in [2.24, 2.45) is 0 Å². The predicted molar refractivity (Wildman–Crippen MR) is 60.9 cm³/mol. The third-order valence-electron chi connectivity index (χ3n) is 2.60. The Bertz CT molecular complexity index is 451. The van der Waals surface area contributed by atoms with E-state index in [0.717, 1.165) is 0 Å². The molecule has 0 aliphatic carbocycles. The Labute approximate surface area is 99.2 Å². The second kappa shape index (κ2) is 3.96. The van der Waals surface area contributed by atoms with Crippen LogP contribution in [0.4, 0.5) is 5.82 Å². The van der Waals surface area contributed by atoms with Gasteiger partial charge in [0.15, 0.2) is 0 Å². The van der Waals surface area contributed by atoms with Crippen LogP contribution in [0.1, 0.15) is 23.2 Å². The van der Waals surface area contributed by atoms with E-state index >= 15 is 0 Å². The molecule has 0 unspecified atom stereocenters. The van der Waals surface area contributed by atoms with Gasteiger partial charge in [0.1, 0.15) is 5.82 Å². The number of ether oxygens (including phenoxy) is 1. The lowest BCUT2D eigenvalue weighted by molar-refractivity contribution is 0.0305. The normalized spacial score (nSPS) is 17.5. The maximum atomic E-state index is 11.4. The van der Waals surface area contributed by atoms with Crippen molar-refractivity contribution < 1.29 is 14.6 Å². The van der Waals surface area contributed by atoms with Crippen molar-refractivity contribution in [2.75, 3.05) is 25.1 Å². The number of aryl methyl sites for hydroxylation is 1. The highest BCUT2D eigenvalue weighted by Crippen LogP contribution is 2.25. The Balaban J connectivity index is 2.24. The molecule has 0 atom stereocenters. The Morgan fingerprint density at radius 2 is 2.18 bits per heavy atom.